The first-order valence-electron chi connectivity index (χ1n) is 7.60. The average Bonchev–Trinajstić information content (AvgIpc) is 2.58. The number of hydrogen-bond donors (Lipinski definition) is 0. The van der Waals surface area contributed by atoms with Crippen molar-refractivity contribution >= 4 is 27.7 Å². The Kier molecular flexibility index (Phi) is 6.78. The Morgan fingerprint density at radius 1 is 0.882 bits per heavy atom. The largest absolute Gasteiger partial charge is 0.159 e. The van der Waals surface area contributed by atoms with Crippen LogP contribution in [-0.2, 0) is 0 Å². The van der Waals surface area contributed by atoms with E-state index < -0.39 is 0 Å². The normalized spacial score (nSPS) is 32.3. The third-order valence-corrected chi connectivity index (χ3v) is 6.62. The van der Waals surface area contributed by atoms with Gasteiger partial charge in [0.15, 0.2) is 0 Å². The van der Waals surface area contributed by atoms with Crippen molar-refractivity contribution in [1.82, 2.24) is 0 Å². The molecule has 0 nitrogen and oxygen atoms in total. The van der Waals surface area contributed by atoms with Gasteiger partial charge in [-0.15, -0.1) is 0 Å². The van der Waals surface area contributed by atoms with Gasteiger partial charge in [-0.05, 0) is 37.4 Å². The molecule has 2 fully saturated rings. The van der Waals surface area contributed by atoms with Gasteiger partial charge in [0.05, 0.1) is 0 Å². The molecule has 0 aromatic rings. The number of thioether (sulfide) groups is 1. The van der Waals surface area contributed by atoms with Gasteiger partial charge in [0.25, 0.3) is 0 Å². The summed E-state index contributed by atoms with van der Waals surface area (Å²) in [5.74, 6) is 2.49. The Morgan fingerprint density at radius 2 is 1.65 bits per heavy atom. The van der Waals surface area contributed by atoms with E-state index in [0.717, 1.165) is 16.0 Å². The lowest BCUT2D eigenvalue weighted by atomic mass is 9.98. The molecule has 2 aliphatic rings. The lowest BCUT2D eigenvalue weighted by Crippen LogP contribution is -2.17. The van der Waals surface area contributed by atoms with E-state index in [1.165, 1.54) is 76.4 Å². The SMILES string of the molecule is BrC1CCCC(SCCC2CCCCCC2)C1. The second-order valence-corrected chi connectivity index (χ2v) is 8.61. The molecule has 2 heteroatoms. The minimum absolute atomic E-state index is 0.812. The standard InChI is InChI=1S/C15H27BrS/c16-14-8-5-9-15(12-14)17-11-10-13-6-3-1-2-4-7-13/h13-15H,1-12H2. The van der Waals surface area contributed by atoms with Crippen molar-refractivity contribution in [3.8, 4) is 0 Å². The highest BCUT2D eigenvalue weighted by Crippen LogP contribution is 2.34. The molecule has 0 N–H and O–H groups in total. The van der Waals surface area contributed by atoms with Gasteiger partial charge in [-0.3, -0.25) is 0 Å². The maximum absolute atomic E-state index is 3.79. The zero-order valence-electron chi connectivity index (χ0n) is 11.0. The molecule has 2 atom stereocenters. The molecule has 0 saturated heterocycles. The molecule has 2 rings (SSSR count). The molecule has 2 aliphatic carbocycles. The fraction of sp³-hybridized carbons (Fsp3) is 1.00. The molecule has 0 aliphatic heterocycles. The van der Waals surface area contributed by atoms with Gasteiger partial charge in [0, 0.05) is 10.1 Å². The summed E-state index contributed by atoms with van der Waals surface area (Å²) >= 11 is 6.07. The van der Waals surface area contributed by atoms with Crippen LogP contribution < -0.4 is 0 Å². The van der Waals surface area contributed by atoms with Gasteiger partial charge in [0.1, 0.15) is 0 Å². The minimum atomic E-state index is 0.812. The van der Waals surface area contributed by atoms with E-state index in [2.05, 4.69) is 27.7 Å². The highest BCUT2D eigenvalue weighted by Gasteiger charge is 2.20. The number of alkyl halides is 1. The van der Waals surface area contributed by atoms with Crippen molar-refractivity contribution in [2.24, 2.45) is 5.92 Å². The topological polar surface area (TPSA) is 0 Å². The summed E-state index contributed by atoms with van der Waals surface area (Å²) < 4.78 is 0. The Hall–Kier alpha value is 0.830. The lowest BCUT2D eigenvalue weighted by Gasteiger charge is -2.25. The molecule has 2 unspecified atom stereocenters. The van der Waals surface area contributed by atoms with Crippen LogP contribution in [0, 0.1) is 5.92 Å². The zero-order valence-corrected chi connectivity index (χ0v) is 13.4. The van der Waals surface area contributed by atoms with Crippen molar-refractivity contribution in [2.75, 3.05) is 5.75 Å². The number of rotatable bonds is 4. The smallest absolute Gasteiger partial charge is 0.0156 e. The summed E-state index contributed by atoms with van der Waals surface area (Å²) in [4.78, 5) is 0.812. The molecule has 0 aromatic carbocycles. The Morgan fingerprint density at radius 3 is 2.35 bits per heavy atom. The molecule has 0 aromatic heterocycles. The van der Waals surface area contributed by atoms with Crippen molar-refractivity contribution in [3.05, 3.63) is 0 Å². The molecule has 0 spiro atoms. The van der Waals surface area contributed by atoms with Crippen LogP contribution in [0.4, 0.5) is 0 Å². The van der Waals surface area contributed by atoms with Crippen molar-refractivity contribution in [2.45, 2.75) is 80.7 Å². The summed E-state index contributed by atoms with van der Waals surface area (Å²) in [6, 6.07) is 0. The van der Waals surface area contributed by atoms with E-state index in [-0.39, 0.29) is 0 Å². The Labute approximate surface area is 120 Å². The maximum Gasteiger partial charge on any atom is 0.0156 e. The predicted molar refractivity (Wildman–Crippen MR) is 83.2 cm³/mol. The van der Waals surface area contributed by atoms with Crippen molar-refractivity contribution in [3.63, 3.8) is 0 Å². The monoisotopic (exact) mass is 318 g/mol. The molecule has 17 heavy (non-hydrogen) atoms. The first-order valence-corrected chi connectivity index (χ1v) is 9.56. The van der Waals surface area contributed by atoms with Gasteiger partial charge in [-0.25, -0.2) is 0 Å². The van der Waals surface area contributed by atoms with Gasteiger partial charge in [0.2, 0.25) is 0 Å². The fourth-order valence-electron chi connectivity index (χ4n) is 3.29. The van der Waals surface area contributed by atoms with Gasteiger partial charge in [-0.2, -0.15) is 11.8 Å². The van der Waals surface area contributed by atoms with Crippen LogP contribution in [0.25, 0.3) is 0 Å². The third kappa shape index (κ3) is 5.55. The highest BCUT2D eigenvalue weighted by molar-refractivity contribution is 9.09. The van der Waals surface area contributed by atoms with Gasteiger partial charge < -0.3 is 0 Å². The van der Waals surface area contributed by atoms with Crippen LogP contribution in [0.3, 0.4) is 0 Å². The fourth-order valence-corrected chi connectivity index (χ4v) is 5.82. The van der Waals surface area contributed by atoms with E-state index in [1.54, 1.807) is 0 Å². The summed E-state index contributed by atoms with van der Waals surface area (Å²) in [7, 11) is 0. The van der Waals surface area contributed by atoms with Gasteiger partial charge in [-0.1, -0.05) is 60.9 Å². The van der Waals surface area contributed by atoms with E-state index in [1.807, 2.05) is 0 Å². The molecule has 0 heterocycles. The second kappa shape index (κ2) is 8.09. The lowest BCUT2D eigenvalue weighted by molar-refractivity contribution is 0.449. The Bertz CT molecular complexity index is 197. The van der Waals surface area contributed by atoms with Crippen LogP contribution in [0.2, 0.25) is 0 Å². The number of halogens is 1. The van der Waals surface area contributed by atoms with Crippen LogP contribution in [0.1, 0.15) is 70.6 Å². The Balaban J connectivity index is 1.58. The molecular weight excluding hydrogens is 292 g/mol. The summed E-state index contributed by atoms with van der Waals surface area (Å²) in [5, 5.41) is 0.957. The first kappa shape index (κ1) is 14.2. The third-order valence-electron chi connectivity index (χ3n) is 4.42. The van der Waals surface area contributed by atoms with Gasteiger partial charge >= 0.3 is 0 Å². The van der Waals surface area contributed by atoms with Crippen LogP contribution in [-0.4, -0.2) is 15.8 Å². The zero-order chi connectivity index (χ0) is 11.9. The second-order valence-electron chi connectivity index (χ2n) is 5.90. The number of hydrogen-bond acceptors (Lipinski definition) is 1. The highest BCUT2D eigenvalue weighted by atomic mass is 79.9. The summed E-state index contributed by atoms with van der Waals surface area (Å²) in [6.07, 6.45) is 16.3. The average molecular weight is 319 g/mol. The molecule has 0 bridgehead atoms. The molecule has 2 saturated carbocycles. The first-order chi connectivity index (χ1) is 8.34. The predicted octanol–water partition coefficient (Wildman–Crippen LogP) is 5.79. The summed E-state index contributed by atoms with van der Waals surface area (Å²) in [5.41, 5.74) is 0. The van der Waals surface area contributed by atoms with Crippen molar-refractivity contribution < 1.29 is 0 Å². The van der Waals surface area contributed by atoms with Crippen LogP contribution in [0.5, 0.6) is 0 Å². The summed E-state index contributed by atoms with van der Waals surface area (Å²) in [6.45, 7) is 0. The minimum Gasteiger partial charge on any atom is -0.159 e. The quantitative estimate of drug-likeness (QED) is 0.467. The van der Waals surface area contributed by atoms with Crippen LogP contribution >= 0.6 is 27.7 Å². The van der Waals surface area contributed by atoms with E-state index >= 15 is 0 Å². The molecule has 0 amide bonds. The van der Waals surface area contributed by atoms with Crippen molar-refractivity contribution in [1.29, 1.82) is 0 Å². The maximum atomic E-state index is 3.79. The van der Waals surface area contributed by atoms with Crippen LogP contribution in [0.15, 0.2) is 0 Å². The molecule has 0 radical (unpaired) electrons. The molecule has 100 valence electrons. The van der Waals surface area contributed by atoms with E-state index in [0.29, 0.717) is 0 Å². The molecular formula is C15H27BrS. The van der Waals surface area contributed by atoms with E-state index in [9.17, 15) is 0 Å². The van der Waals surface area contributed by atoms with E-state index in [4.69, 9.17) is 0 Å².